The van der Waals surface area contributed by atoms with Gasteiger partial charge in [-0.1, -0.05) is 12.1 Å². The van der Waals surface area contributed by atoms with Crippen molar-refractivity contribution in [3.8, 4) is 11.1 Å². The van der Waals surface area contributed by atoms with Crippen LogP contribution in [0.15, 0.2) is 48.7 Å². The Bertz CT molecular complexity index is 1370. The largest absolute Gasteiger partial charge is 0.444 e. The first-order valence-electron chi connectivity index (χ1n) is 12.0. The quantitative estimate of drug-likeness (QED) is 0.360. The molecular formula is C28H32N4O2. The highest BCUT2D eigenvalue weighted by molar-refractivity contribution is 5.90. The topological polar surface area (TPSA) is 60.3 Å². The molecule has 1 saturated heterocycles. The molecule has 5 rings (SSSR count). The number of carbonyl (C=O) groups excluding carboxylic acids is 1. The van der Waals surface area contributed by atoms with E-state index >= 15 is 0 Å². The molecule has 0 aliphatic carbocycles. The maximum Gasteiger partial charge on any atom is 0.410 e. The Morgan fingerprint density at radius 1 is 1.00 bits per heavy atom. The number of likely N-dealkylation sites (tertiary alicyclic amines) is 1. The van der Waals surface area contributed by atoms with Gasteiger partial charge in [-0.25, -0.2) is 4.79 Å². The lowest BCUT2D eigenvalue weighted by atomic mass is 9.91. The van der Waals surface area contributed by atoms with Gasteiger partial charge in [0.05, 0.1) is 11.0 Å². The van der Waals surface area contributed by atoms with Gasteiger partial charge in [0.25, 0.3) is 0 Å². The van der Waals surface area contributed by atoms with Crippen LogP contribution in [-0.4, -0.2) is 44.4 Å². The number of pyridine rings is 1. The van der Waals surface area contributed by atoms with Gasteiger partial charge in [0.15, 0.2) is 0 Å². The van der Waals surface area contributed by atoms with E-state index in [4.69, 9.17) is 9.72 Å². The summed E-state index contributed by atoms with van der Waals surface area (Å²) in [5.41, 5.74) is 6.29. The Labute approximate surface area is 200 Å². The molecule has 0 bridgehead atoms. The molecule has 2 aromatic carbocycles. The van der Waals surface area contributed by atoms with Crippen molar-refractivity contribution in [2.75, 3.05) is 13.1 Å². The minimum atomic E-state index is -0.465. The number of carbonyl (C=O) groups is 1. The van der Waals surface area contributed by atoms with Crippen LogP contribution in [0, 0.1) is 6.92 Å². The third kappa shape index (κ3) is 4.49. The monoisotopic (exact) mass is 456 g/mol. The van der Waals surface area contributed by atoms with Crippen molar-refractivity contribution in [2.24, 2.45) is 7.05 Å². The zero-order valence-electron chi connectivity index (χ0n) is 20.6. The summed E-state index contributed by atoms with van der Waals surface area (Å²) in [6.07, 6.45) is 3.64. The molecule has 0 spiro atoms. The molecule has 6 nitrogen and oxygen atoms in total. The smallest absolute Gasteiger partial charge is 0.410 e. The van der Waals surface area contributed by atoms with E-state index in [1.807, 2.05) is 43.6 Å². The second kappa shape index (κ2) is 8.42. The molecule has 176 valence electrons. The Balaban J connectivity index is 1.36. The van der Waals surface area contributed by atoms with Crippen molar-refractivity contribution in [1.82, 2.24) is 19.7 Å². The summed E-state index contributed by atoms with van der Waals surface area (Å²) in [6, 6.07) is 15.2. The average Bonchev–Trinajstić information content (AvgIpc) is 3.17. The molecule has 2 aromatic heterocycles. The van der Waals surface area contributed by atoms with Crippen molar-refractivity contribution in [3.63, 3.8) is 0 Å². The maximum atomic E-state index is 12.4. The molecule has 1 fully saturated rings. The van der Waals surface area contributed by atoms with Crippen molar-refractivity contribution < 1.29 is 9.53 Å². The first-order chi connectivity index (χ1) is 16.2. The van der Waals surface area contributed by atoms with Crippen LogP contribution < -0.4 is 0 Å². The number of piperidine rings is 1. The second-order valence-corrected chi connectivity index (χ2v) is 10.4. The Morgan fingerprint density at radius 3 is 2.38 bits per heavy atom. The molecule has 0 N–H and O–H groups in total. The number of hydrogen-bond acceptors (Lipinski definition) is 4. The van der Waals surface area contributed by atoms with Gasteiger partial charge < -0.3 is 9.64 Å². The fraction of sp³-hybridized carbons (Fsp3) is 0.393. The van der Waals surface area contributed by atoms with Gasteiger partial charge in [-0.2, -0.15) is 5.10 Å². The van der Waals surface area contributed by atoms with Gasteiger partial charge >= 0.3 is 6.09 Å². The van der Waals surface area contributed by atoms with E-state index in [1.54, 1.807) is 0 Å². The van der Waals surface area contributed by atoms with Crippen LogP contribution in [0.5, 0.6) is 0 Å². The number of fused-ring (bicyclic) bond motifs is 2. The van der Waals surface area contributed by atoms with Gasteiger partial charge in [0.1, 0.15) is 5.60 Å². The lowest BCUT2D eigenvalue weighted by Crippen LogP contribution is -2.41. The fourth-order valence-corrected chi connectivity index (χ4v) is 4.82. The van der Waals surface area contributed by atoms with Crippen LogP contribution >= 0.6 is 0 Å². The SMILES string of the molecule is Cc1cc(C2CCN(C(=O)OC(C)(C)C)CC2)nc2ccc(-c3ccc4nn(C)cc4c3)cc12. The van der Waals surface area contributed by atoms with Crippen LogP contribution in [-0.2, 0) is 11.8 Å². The number of ether oxygens (including phenoxy) is 1. The van der Waals surface area contributed by atoms with E-state index in [1.165, 1.54) is 22.1 Å². The molecular weight excluding hydrogens is 424 g/mol. The molecule has 34 heavy (non-hydrogen) atoms. The third-order valence-corrected chi connectivity index (χ3v) is 6.55. The number of aryl methyl sites for hydroxylation is 2. The van der Waals surface area contributed by atoms with E-state index < -0.39 is 5.60 Å². The number of nitrogens with zero attached hydrogens (tertiary/aromatic N) is 4. The zero-order valence-corrected chi connectivity index (χ0v) is 20.6. The van der Waals surface area contributed by atoms with Gasteiger partial charge in [-0.15, -0.1) is 0 Å². The van der Waals surface area contributed by atoms with E-state index in [0.29, 0.717) is 19.0 Å². The van der Waals surface area contributed by atoms with Crippen LogP contribution in [0.2, 0.25) is 0 Å². The Kier molecular flexibility index (Phi) is 5.54. The summed E-state index contributed by atoms with van der Waals surface area (Å²) in [5, 5.41) is 6.79. The lowest BCUT2D eigenvalue weighted by molar-refractivity contribution is 0.0204. The summed E-state index contributed by atoms with van der Waals surface area (Å²) in [5.74, 6) is 0.356. The highest BCUT2D eigenvalue weighted by Crippen LogP contribution is 2.32. The maximum absolute atomic E-state index is 12.4. The molecule has 0 saturated carbocycles. The van der Waals surface area contributed by atoms with E-state index in [0.717, 1.165) is 35.0 Å². The average molecular weight is 457 g/mol. The fourth-order valence-electron chi connectivity index (χ4n) is 4.82. The summed E-state index contributed by atoms with van der Waals surface area (Å²) in [4.78, 5) is 19.2. The van der Waals surface area contributed by atoms with Gasteiger partial charge in [-0.05, 0) is 87.6 Å². The first kappa shape index (κ1) is 22.4. The Hall–Kier alpha value is -3.41. The van der Waals surface area contributed by atoms with Gasteiger partial charge in [0.2, 0.25) is 0 Å². The lowest BCUT2D eigenvalue weighted by Gasteiger charge is -2.33. The van der Waals surface area contributed by atoms with Gasteiger partial charge in [0, 0.05) is 48.7 Å². The predicted molar refractivity (Wildman–Crippen MR) is 136 cm³/mol. The van der Waals surface area contributed by atoms with E-state index in [9.17, 15) is 4.79 Å². The molecule has 1 amide bonds. The van der Waals surface area contributed by atoms with E-state index in [2.05, 4.69) is 54.5 Å². The summed E-state index contributed by atoms with van der Waals surface area (Å²) in [7, 11) is 1.95. The molecule has 1 aliphatic rings. The number of rotatable bonds is 2. The van der Waals surface area contributed by atoms with Crippen LogP contribution in [0.4, 0.5) is 4.79 Å². The Morgan fingerprint density at radius 2 is 1.68 bits per heavy atom. The summed E-state index contributed by atoms with van der Waals surface area (Å²) >= 11 is 0. The molecule has 0 radical (unpaired) electrons. The van der Waals surface area contributed by atoms with Crippen molar-refractivity contribution >= 4 is 27.9 Å². The number of aromatic nitrogens is 3. The summed E-state index contributed by atoms with van der Waals surface area (Å²) < 4.78 is 7.38. The number of benzene rings is 2. The molecule has 3 heterocycles. The van der Waals surface area contributed by atoms with Gasteiger partial charge in [-0.3, -0.25) is 9.67 Å². The molecule has 6 heteroatoms. The number of amides is 1. The predicted octanol–water partition coefficient (Wildman–Crippen LogP) is 6.21. The minimum Gasteiger partial charge on any atom is -0.444 e. The first-order valence-corrected chi connectivity index (χ1v) is 12.0. The highest BCUT2D eigenvalue weighted by Gasteiger charge is 2.28. The molecule has 0 atom stereocenters. The standard InChI is InChI=1S/C28H32N4O2/c1-18-14-26(19-10-12-32(13-11-19)27(33)34-28(2,3)4)29-25-9-7-21(16-23(18)25)20-6-8-24-22(15-20)17-31(5)30-24/h6-9,14-17,19H,10-13H2,1-5H3. The molecule has 0 unspecified atom stereocenters. The van der Waals surface area contributed by atoms with E-state index in [-0.39, 0.29) is 6.09 Å². The molecule has 1 aliphatic heterocycles. The number of hydrogen-bond donors (Lipinski definition) is 0. The molecule has 4 aromatic rings. The normalized spacial score (nSPS) is 15.3. The van der Waals surface area contributed by atoms with Crippen LogP contribution in [0.1, 0.15) is 50.8 Å². The summed E-state index contributed by atoms with van der Waals surface area (Å²) in [6.45, 7) is 9.28. The minimum absolute atomic E-state index is 0.217. The second-order valence-electron chi connectivity index (χ2n) is 10.4. The van der Waals surface area contributed by atoms with Crippen LogP contribution in [0.3, 0.4) is 0 Å². The highest BCUT2D eigenvalue weighted by atomic mass is 16.6. The zero-order chi connectivity index (χ0) is 24.0. The van der Waals surface area contributed by atoms with Crippen LogP contribution in [0.25, 0.3) is 32.9 Å². The third-order valence-electron chi connectivity index (χ3n) is 6.55. The van der Waals surface area contributed by atoms with Crippen molar-refractivity contribution in [3.05, 3.63) is 59.9 Å². The van der Waals surface area contributed by atoms with Crippen molar-refractivity contribution in [2.45, 2.75) is 52.1 Å². The van der Waals surface area contributed by atoms with Crippen molar-refractivity contribution in [1.29, 1.82) is 0 Å².